The van der Waals surface area contributed by atoms with Gasteiger partial charge in [0.05, 0.1) is 11.4 Å². The molecule has 0 unspecified atom stereocenters. The zero-order valence-electron chi connectivity index (χ0n) is 11.5. The van der Waals surface area contributed by atoms with E-state index in [9.17, 15) is 8.42 Å². The smallest absolute Gasteiger partial charge is 0.265 e. The lowest BCUT2D eigenvalue weighted by Gasteiger charge is -2.23. The molecule has 1 aliphatic rings. The zero-order chi connectivity index (χ0) is 15.0. The van der Waals surface area contributed by atoms with Crippen molar-refractivity contribution in [3.8, 4) is 0 Å². The van der Waals surface area contributed by atoms with Gasteiger partial charge in [0.25, 0.3) is 10.0 Å². The molecule has 1 aliphatic heterocycles. The van der Waals surface area contributed by atoms with Gasteiger partial charge < -0.3 is 0 Å². The number of aromatic nitrogens is 1. The van der Waals surface area contributed by atoms with Gasteiger partial charge in [-0.05, 0) is 37.8 Å². The lowest BCUT2D eigenvalue weighted by Crippen LogP contribution is -2.31. The fraction of sp³-hybridized carbons (Fsp3) is 0.357. The molecule has 0 aliphatic carbocycles. The van der Waals surface area contributed by atoms with Crippen molar-refractivity contribution in [1.82, 2.24) is 4.98 Å². The summed E-state index contributed by atoms with van der Waals surface area (Å²) >= 11 is 6.89. The van der Waals surface area contributed by atoms with Crippen molar-refractivity contribution < 1.29 is 8.42 Å². The first-order valence-electron chi connectivity index (χ1n) is 6.74. The molecule has 0 bridgehead atoms. The van der Waals surface area contributed by atoms with Gasteiger partial charge in [0, 0.05) is 6.54 Å². The maximum atomic E-state index is 13.0. The highest BCUT2D eigenvalue weighted by atomic mass is 35.5. The van der Waals surface area contributed by atoms with Gasteiger partial charge in [-0.1, -0.05) is 41.1 Å². The van der Waals surface area contributed by atoms with Crippen LogP contribution in [0.4, 0.5) is 5.69 Å². The van der Waals surface area contributed by atoms with Gasteiger partial charge >= 0.3 is 0 Å². The molecule has 0 fully saturated rings. The number of rotatable bonds is 2. The number of anilines is 1. The highest BCUT2D eigenvalue weighted by Gasteiger charge is 2.31. The molecule has 0 spiro atoms. The summed E-state index contributed by atoms with van der Waals surface area (Å²) in [5, 5.41) is 0. The molecule has 0 amide bonds. The molecule has 0 atom stereocenters. The molecule has 21 heavy (non-hydrogen) atoms. The molecular weight excluding hydrogens is 328 g/mol. The monoisotopic (exact) mass is 342 g/mol. The Kier molecular flexibility index (Phi) is 3.94. The van der Waals surface area contributed by atoms with E-state index in [1.54, 1.807) is 6.92 Å². The standard InChI is InChI=1S/C14H15ClN2O2S2/c1-10-13(20-14(15)16-10)21(18,19)17-9-5-4-7-11-6-2-3-8-12(11)17/h2-3,6,8H,4-5,7,9H2,1H3. The number of aryl methyl sites for hydroxylation is 2. The van der Waals surface area contributed by atoms with Crippen molar-refractivity contribution in [2.45, 2.75) is 30.4 Å². The van der Waals surface area contributed by atoms with Gasteiger partial charge in [0.15, 0.2) is 8.68 Å². The van der Waals surface area contributed by atoms with Crippen molar-refractivity contribution in [1.29, 1.82) is 0 Å². The summed E-state index contributed by atoms with van der Waals surface area (Å²) in [6, 6.07) is 7.69. The summed E-state index contributed by atoms with van der Waals surface area (Å²) in [6.07, 6.45) is 2.75. The normalized spacial score (nSPS) is 15.6. The number of para-hydroxylation sites is 1. The fourth-order valence-electron chi connectivity index (χ4n) is 2.60. The molecular formula is C14H15ClN2O2S2. The van der Waals surface area contributed by atoms with E-state index < -0.39 is 10.0 Å². The lowest BCUT2D eigenvalue weighted by molar-refractivity contribution is 0.590. The van der Waals surface area contributed by atoms with Crippen molar-refractivity contribution in [3.63, 3.8) is 0 Å². The lowest BCUT2D eigenvalue weighted by atomic mass is 10.1. The van der Waals surface area contributed by atoms with Crippen molar-refractivity contribution in [3.05, 3.63) is 40.0 Å². The van der Waals surface area contributed by atoms with Crippen LogP contribution in [0.2, 0.25) is 4.47 Å². The van der Waals surface area contributed by atoms with Crippen LogP contribution in [0.5, 0.6) is 0 Å². The molecule has 2 aromatic rings. The Balaban J connectivity index is 2.13. The van der Waals surface area contributed by atoms with Crippen molar-refractivity contribution in [2.75, 3.05) is 10.8 Å². The largest absolute Gasteiger partial charge is 0.275 e. The molecule has 0 radical (unpaired) electrons. The third kappa shape index (κ3) is 2.67. The van der Waals surface area contributed by atoms with Crippen molar-refractivity contribution >= 4 is 38.6 Å². The quantitative estimate of drug-likeness (QED) is 0.837. The Morgan fingerprint density at radius 2 is 2.05 bits per heavy atom. The molecule has 1 aromatic carbocycles. The first kappa shape index (κ1) is 14.8. The van der Waals surface area contributed by atoms with E-state index in [4.69, 9.17) is 11.6 Å². The highest BCUT2D eigenvalue weighted by Crippen LogP contribution is 2.35. The van der Waals surface area contributed by atoms with Gasteiger partial charge in [0.2, 0.25) is 0 Å². The Hall–Kier alpha value is -1.11. The number of benzene rings is 1. The maximum absolute atomic E-state index is 13.0. The van der Waals surface area contributed by atoms with Crippen LogP contribution in [-0.2, 0) is 16.4 Å². The second-order valence-electron chi connectivity index (χ2n) is 5.00. The Morgan fingerprint density at radius 3 is 2.76 bits per heavy atom. The van der Waals surface area contributed by atoms with Crippen LogP contribution in [0.3, 0.4) is 0 Å². The number of hydrogen-bond acceptors (Lipinski definition) is 4. The average molecular weight is 343 g/mol. The minimum Gasteiger partial charge on any atom is -0.265 e. The third-order valence-electron chi connectivity index (χ3n) is 3.57. The van der Waals surface area contributed by atoms with E-state index in [1.807, 2.05) is 24.3 Å². The number of halogens is 1. The maximum Gasteiger partial charge on any atom is 0.275 e. The van der Waals surface area contributed by atoms with Crippen LogP contribution in [0, 0.1) is 6.92 Å². The van der Waals surface area contributed by atoms with E-state index in [-0.39, 0.29) is 8.68 Å². The van der Waals surface area contributed by atoms with Crippen LogP contribution in [0.25, 0.3) is 0 Å². The molecule has 0 saturated carbocycles. The number of sulfonamides is 1. The minimum atomic E-state index is -3.60. The van der Waals surface area contributed by atoms with Gasteiger partial charge in [-0.15, -0.1) is 0 Å². The summed E-state index contributed by atoms with van der Waals surface area (Å²) in [5.74, 6) is 0. The van der Waals surface area contributed by atoms with E-state index in [1.165, 1.54) is 4.31 Å². The molecule has 1 aromatic heterocycles. The molecule has 4 nitrogen and oxygen atoms in total. The van der Waals surface area contributed by atoms with Crippen LogP contribution in [0.15, 0.2) is 28.5 Å². The number of nitrogens with zero attached hydrogens (tertiary/aromatic N) is 2. The summed E-state index contributed by atoms with van der Waals surface area (Å²) < 4.78 is 28.0. The predicted octanol–water partition coefficient (Wildman–Crippen LogP) is 3.64. The predicted molar refractivity (Wildman–Crippen MR) is 85.8 cm³/mol. The molecule has 7 heteroatoms. The minimum absolute atomic E-state index is 0.240. The van der Waals surface area contributed by atoms with Gasteiger partial charge in [-0.3, -0.25) is 4.31 Å². The first-order chi connectivity index (χ1) is 10.00. The summed E-state index contributed by atoms with van der Waals surface area (Å²) in [5.41, 5.74) is 2.32. The zero-order valence-corrected chi connectivity index (χ0v) is 13.9. The van der Waals surface area contributed by atoms with Gasteiger partial charge in [0.1, 0.15) is 0 Å². The number of hydrogen-bond donors (Lipinski definition) is 0. The third-order valence-corrected chi connectivity index (χ3v) is 7.23. The number of thiazole rings is 1. The average Bonchev–Trinajstić information content (AvgIpc) is 2.68. The Morgan fingerprint density at radius 1 is 1.29 bits per heavy atom. The van der Waals surface area contributed by atoms with E-state index in [0.29, 0.717) is 12.2 Å². The van der Waals surface area contributed by atoms with E-state index in [2.05, 4.69) is 4.98 Å². The second kappa shape index (κ2) is 5.59. The second-order valence-corrected chi connectivity index (χ2v) is 8.64. The molecule has 0 N–H and O–H groups in total. The summed E-state index contributed by atoms with van der Waals surface area (Å²) in [6.45, 7) is 2.17. The van der Waals surface area contributed by atoms with Crippen molar-refractivity contribution in [2.24, 2.45) is 0 Å². The van der Waals surface area contributed by atoms with Crippen LogP contribution in [0.1, 0.15) is 24.1 Å². The van der Waals surface area contributed by atoms with E-state index >= 15 is 0 Å². The Bertz CT molecular complexity index is 771. The SMILES string of the molecule is Cc1nc(Cl)sc1S(=O)(=O)N1CCCCc2ccccc21. The summed E-state index contributed by atoms with van der Waals surface area (Å²) in [4.78, 5) is 4.03. The van der Waals surface area contributed by atoms with Crippen LogP contribution in [-0.4, -0.2) is 19.9 Å². The first-order valence-corrected chi connectivity index (χ1v) is 9.37. The van der Waals surface area contributed by atoms with Crippen LogP contribution >= 0.6 is 22.9 Å². The Labute approximate surface area is 133 Å². The van der Waals surface area contributed by atoms with Gasteiger partial charge in [-0.25, -0.2) is 13.4 Å². The molecule has 112 valence electrons. The number of fused-ring (bicyclic) bond motifs is 1. The summed E-state index contributed by atoms with van der Waals surface area (Å²) in [7, 11) is -3.60. The molecule has 2 heterocycles. The van der Waals surface area contributed by atoms with Gasteiger partial charge in [-0.2, -0.15) is 0 Å². The fourth-order valence-corrected chi connectivity index (χ4v) is 5.97. The van der Waals surface area contributed by atoms with Crippen LogP contribution < -0.4 is 4.31 Å². The molecule has 0 saturated heterocycles. The highest BCUT2D eigenvalue weighted by molar-refractivity contribution is 7.94. The molecule has 3 rings (SSSR count). The van der Waals surface area contributed by atoms with E-state index in [0.717, 1.165) is 41.9 Å². The topological polar surface area (TPSA) is 50.3 Å².